The topological polar surface area (TPSA) is 156 Å². The van der Waals surface area contributed by atoms with Crippen LogP contribution in [0.3, 0.4) is 0 Å². The largest absolute Gasteiger partial charge is 0.477 e. The number of aromatic nitrogens is 2. The fourth-order valence-corrected chi connectivity index (χ4v) is 8.66. The molecule has 0 unspecified atom stereocenters. The monoisotopic (exact) mass is 619 g/mol. The average molecular weight is 621 g/mol. The Morgan fingerprint density at radius 2 is 2.03 bits per heavy atom. The van der Waals surface area contributed by atoms with Crippen molar-refractivity contribution in [3.63, 3.8) is 0 Å². The van der Waals surface area contributed by atoms with Crippen LogP contribution in [-0.2, 0) is 21.4 Å². The number of hydrogen-bond donors (Lipinski definition) is 4. The summed E-state index contributed by atoms with van der Waals surface area (Å²) in [6.07, 6.45) is 0. The maximum absolute atomic E-state index is 12.9. The molecule has 3 heterocycles. The molecule has 0 saturated carbocycles. The number of carbonyl (C=O) groups is 3. The van der Waals surface area contributed by atoms with Crippen molar-refractivity contribution >= 4 is 99.8 Å². The van der Waals surface area contributed by atoms with Crippen molar-refractivity contribution in [2.24, 2.45) is 7.05 Å². The second-order valence-corrected chi connectivity index (χ2v) is 13.1. The van der Waals surface area contributed by atoms with Crippen LogP contribution in [-0.4, -0.2) is 60.8 Å². The van der Waals surface area contributed by atoms with Gasteiger partial charge in [0.15, 0.2) is 0 Å². The van der Waals surface area contributed by atoms with Crippen LogP contribution in [0, 0.1) is 0 Å². The van der Waals surface area contributed by atoms with Crippen molar-refractivity contribution in [3.05, 3.63) is 44.9 Å². The number of rotatable bonds is 9. The Hall–Kier alpha value is -1.97. The summed E-state index contributed by atoms with van der Waals surface area (Å²) in [4.78, 5) is 43.9. The predicted molar refractivity (Wildman–Crippen MR) is 149 cm³/mol. The molecule has 1 aromatic carbocycles. The first-order chi connectivity index (χ1) is 17.6. The second kappa shape index (κ2) is 11.8. The summed E-state index contributed by atoms with van der Waals surface area (Å²) in [6.45, 7) is 0. The van der Waals surface area contributed by atoms with Crippen molar-refractivity contribution in [2.75, 3.05) is 28.1 Å². The number of carboxylic acid groups (broad SMARTS) is 1. The number of amides is 2. The molecule has 1 fully saturated rings. The zero-order valence-corrected chi connectivity index (χ0v) is 23.9. The molecule has 6 N–H and O–H groups in total. The quantitative estimate of drug-likeness (QED) is 0.108. The number of carboxylic acids is 1. The highest BCUT2D eigenvalue weighted by Gasteiger charge is 2.54. The summed E-state index contributed by atoms with van der Waals surface area (Å²) in [6, 6.07) is 5.84. The highest BCUT2D eigenvalue weighted by atomic mass is 35.5. The van der Waals surface area contributed by atoms with Crippen LogP contribution in [0.1, 0.15) is 0 Å². The van der Waals surface area contributed by atoms with Crippen molar-refractivity contribution in [1.82, 2.24) is 15.2 Å². The van der Waals surface area contributed by atoms with Crippen LogP contribution in [0.2, 0.25) is 10.0 Å². The number of halogens is 2. The third-order valence-electron chi connectivity index (χ3n) is 5.33. The highest BCUT2D eigenvalue weighted by Crippen LogP contribution is 2.44. The summed E-state index contributed by atoms with van der Waals surface area (Å²) in [5, 5.41) is 14.3. The fourth-order valence-electron chi connectivity index (χ4n) is 3.52. The molecular formula is C21H21Cl2N6O4S4+. The number of nitrogen functional groups attached to an aromatic ring is 2. The molecule has 1 aromatic heterocycles. The van der Waals surface area contributed by atoms with E-state index in [1.165, 1.54) is 51.9 Å². The molecule has 37 heavy (non-hydrogen) atoms. The van der Waals surface area contributed by atoms with Gasteiger partial charge in [-0.2, -0.15) is 0 Å². The third-order valence-corrected chi connectivity index (χ3v) is 10.8. The fraction of sp³-hybridized carbons (Fsp3) is 0.286. The van der Waals surface area contributed by atoms with Gasteiger partial charge >= 0.3 is 11.9 Å². The third kappa shape index (κ3) is 6.20. The van der Waals surface area contributed by atoms with Crippen LogP contribution < -0.4 is 21.4 Å². The number of hydrogen-bond acceptors (Lipinski definition) is 10. The molecule has 16 heteroatoms. The van der Waals surface area contributed by atoms with Gasteiger partial charge in [0.1, 0.15) is 22.1 Å². The maximum atomic E-state index is 12.9. The minimum absolute atomic E-state index is 0.0304. The standard InChI is InChI=1S/C21H20Cl2N6O4S4/c1-28-15(5-13(24)26-21(28)25)37-8-36-12-6-35-19-16(18(31)29(19)17(12)20(32)33)27-14(30)7-34-11-4-9(22)2-3-10(11)23/h2-5,16,19H,6-8H2,1H3,(H5,24,25,26,27,30,32,33)/p+1/t16-,19-/m1/s1. The molecule has 2 aliphatic heterocycles. The molecule has 196 valence electrons. The Morgan fingerprint density at radius 3 is 2.76 bits per heavy atom. The van der Waals surface area contributed by atoms with E-state index in [1.54, 1.807) is 35.9 Å². The van der Waals surface area contributed by atoms with E-state index in [0.29, 0.717) is 30.7 Å². The van der Waals surface area contributed by atoms with E-state index in [0.717, 1.165) is 5.03 Å². The Bertz CT molecular complexity index is 1310. The number of aliphatic carboxylic acids is 1. The van der Waals surface area contributed by atoms with E-state index in [1.807, 2.05) is 0 Å². The molecule has 0 aliphatic carbocycles. The summed E-state index contributed by atoms with van der Waals surface area (Å²) >= 11 is 17.5. The normalized spacial score (nSPS) is 18.9. The van der Waals surface area contributed by atoms with Gasteiger partial charge in [0.25, 0.3) is 5.91 Å². The Labute approximate surface area is 239 Å². The SMILES string of the molecule is C[n+]1c(SCSC2=C(C(=O)O)N3C(=O)[C@@H](NC(=O)CSc4cc(Cl)ccc4Cl)[C@H]3SC2)cc(N)nc1N. The van der Waals surface area contributed by atoms with Crippen molar-refractivity contribution in [1.29, 1.82) is 0 Å². The molecule has 2 atom stereocenters. The van der Waals surface area contributed by atoms with Gasteiger partial charge in [0, 0.05) is 26.6 Å². The van der Waals surface area contributed by atoms with Gasteiger partial charge in [-0.3, -0.25) is 20.2 Å². The van der Waals surface area contributed by atoms with Gasteiger partial charge in [-0.05, 0) is 18.2 Å². The van der Waals surface area contributed by atoms with Gasteiger partial charge in [-0.15, -0.1) is 35.3 Å². The Balaban J connectivity index is 1.37. The maximum Gasteiger partial charge on any atom is 0.392 e. The number of carbonyl (C=O) groups excluding carboxylic acids is 2. The molecule has 2 aliphatic rings. The lowest BCUT2D eigenvalue weighted by Crippen LogP contribution is -2.70. The summed E-state index contributed by atoms with van der Waals surface area (Å²) in [5.74, 6) is -1.03. The van der Waals surface area contributed by atoms with Crippen molar-refractivity contribution in [3.8, 4) is 0 Å². The van der Waals surface area contributed by atoms with Gasteiger partial charge in [-0.1, -0.05) is 39.9 Å². The Morgan fingerprint density at radius 1 is 1.27 bits per heavy atom. The average Bonchev–Trinajstić information content (AvgIpc) is 2.85. The molecule has 10 nitrogen and oxygen atoms in total. The number of nitrogens with zero attached hydrogens (tertiary/aromatic N) is 3. The van der Waals surface area contributed by atoms with Crippen LogP contribution in [0.4, 0.5) is 11.8 Å². The van der Waals surface area contributed by atoms with E-state index in [9.17, 15) is 19.5 Å². The second-order valence-electron chi connectivity index (χ2n) is 7.74. The summed E-state index contributed by atoms with van der Waals surface area (Å²) < 4.78 is 1.69. The lowest BCUT2D eigenvalue weighted by molar-refractivity contribution is -0.696. The van der Waals surface area contributed by atoms with E-state index in [4.69, 9.17) is 34.7 Å². The van der Waals surface area contributed by atoms with Crippen LogP contribution >= 0.6 is 70.2 Å². The number of β-lactam (4-membered cyclic amide) rings is 1. The minimum Gasteiger partial charge on any atom is -0.477 e. The number of fused-ring (bicyclic) bond motifs is 1. The molecule has 4 rings (SSSR count). The number of nitrogens with one attached hydrogen (secondary N) is 1. The minimum atomic E-state index is -1.19. The number of anilines is 2. The summed E-state index contributed by atoms with van der Waals surface area (Å²) in [5.41, 5.74) is 11.6. The van der Waals surface area contributed by atoms with E-state index in [-0.39, 0.29) is 29.1 Å². The van der Waals surface area contributed by atoms with Crippen LogP contribution in [0.5, 0.6) is 0 Å². The predicted octanol–water partition coefficient (Wildman–Crippen LogP) is 2.65. The molecular weight excluding hydrogens is 599 g/mol. The first-order valence-corrected chi connectivity index (χ1v) is 15.3. The van der Waals surface area contributed by atoms with E-state index in [2.05, 4.69) is 10.3 Å². The number of nitrogens with two attached hydrogens (primary N) is 2. The lowest BCUT2D eigenvalue weighted by Gasteiger charge is -2.49. The van der Waals surface area contributed by atoms with Gasteiger partial charge in [0.05, 0.1) is 22.9 Å². The summed E-state index contributed by atoms with van der Waals surface area (Å²) in [7, 11) is 1.76. The zero-order valence-electron chi connectivity index (χ0n) is 19.1. The van der Waals surface area contributed by atoms with Crippen LogP contribution in [0.15, 0.2) is 44.8 Å². The molecule has 0 radical (unpaired) electrons. The lowest BCUT2D eigenvalue weighted by atomic mass is 10.1. The first kappa shape index (κ1) is 28.0. The van der Waals surface area contributed by atoms with Gasteiger partial charge in [-0.25, -0.2) is 9.36 Å². The van der Waals surface area contributed by atoms with E-state index < -0.39 is 23.3 Å². The van der Waals surface area contributed by atoms with Gasteiger partial charge in [0.2, 0.25) is 11.7 Å². The molecule has 2 aromatic rings. The smallest absolute Gasteiger partial charge is 0.392 e. The zero-order chi connectivity index (χ0) is 26.9. The molecule has 2 amide bonds. The number of thioether (sulfide) groups is 4. The molecule has 0 spiro atoms. The van der Waals surface area contributed by atoms with E-state index >= 15 is 0 Å². The Kier molecular flexibility index (Phi) is 8.96. The molecule has 0 bridgehead atoms. The number of benzene rings is 1. The van der Waals surface area contributed by atoms with Crippen LogP contribution in [0.25, 0.3) is 0 Å². The van der Waals surface area contributed by atoms with Gasteiger partial charge < -0.3 is 16.2 Å². The van der Waals surface area contributed by atoms with Crippen molar-refractivity contribution < 1.29 is 24.1 Å². The highest BCUT2D eigenvalue weighted by molar-refractivity contribution is 8.18. The molecule has 1 saturated heterocycles. The first-order valence-electron chi connectivity index (χ1n) is 10.5. The van der Waals surface area contributed by atoms with Crippen molar-refractivity contribution in [2.45, 2.75) is 21.3 Å².